The van der Waals surface area contributed by atoms with Gasteiger partial charge in [0.1, 0.15) is 22.3 Å². The van der Waals surface area contributed by atoms with Gasteiger partial charge in [0.05, 0.1) is 11.4 Å². The van der Waals surface area contributed by atoms with E-state index in [1.807, 2.05) is 42.5 Å². The summed E-state index contributed by atoms with van der Waals surface area (Å²) < 4.78 is 12.4. The van der Waals surface area contributed by atoms with Crippen LogP contribution in [0.25, 0.3) is 100 Å². The molecule has 0 atom stereocenters. The van der Waals surface area contributed by atoms with E-state index in [1.54, 1.807) is 0 Å². The number of rotatable bonds is 5. The largest absolute Gasteiger partial charge is 0.456 e. The topological polar surface area (TPSA) is 52.1 Å². The van der Waals surface area contributed by atoms with E-state index in [4.69, 9.17) is 18.8 Å². The summed E-state index contributed by atoms with van der Waals surface area (Å²) in [5.41, 5.74) is 12.7. The molecule has 0 N–H and O–H groups in total. The monoisotopic (exact) mass is 640 g/mol. The second-order valence-corrected chi connectivity index (χ2v) is 12.6. The van der Waals surface area contributed by atoms with Gasteiger partial charge >= 0.3 is 0 Å². The summed E-state index contributed by atoms with van der Waals surface area (Å²) in [6.45, 7) is 0. The summed E-state index contributed by atoms with van der Waals surface area (Å²) in [4.78, 5) is 10.3. The van der Waals surface area contributed by atoms with Crippen molar-refractivity contribution in [2.45, 2.75) is 0 Å². The molecular weight excluding hydrogens is 613 g/mol. The lowest BCUT2D eigenvalue weighted by Gasteiger charge is -2.11. The van der Waals surface area contributed by atoms with Crippen LogP contribution < -0.4 is 0 Å². The predicted molar refractivity (Wildman–Crippen MR) is 204 cm³/mol. The van der Waals surface area contributed by atoms with Crippen LogP contribution in [0.4, 0.5) is 0 Å². The first-order chi connectivity index (χ1) is 24.7. The Morgan fingerprint density at radius 2 is 0.860 bits per heavy atom. The van der Waals surface area contributed by atoms with Crippen molar-refractivity contribution in [2.24, 2.45) is 0 Å². The molecule has 3 heterocycles. The van der Waals surface area contributed by atoms with E-state index in [0.29, 0.717) is 5.82 Å². The molecule has 4 heteroatoms. The molecule has 0 bridgehead atoms. The number of para-hydroxylation sites is 2. The van der Waals surface area contributed by atoms with Gasteiger partial charge in [-0.3, -0.25) is 0 Å². The predicted octanol–water partition coefficient (Wildman–Crippen LogP) is 12.6. The van der Waals surface area contributed by atoms with Crippen LogP contribution >= 0.6 is 0 Å². The minimum absolute atomic E-state index is 0.660. The highest BCUT2D eigenvalue weighted by atomic mass is 16.3. The van der Waals surface area contributed by atoms with Crippen LogP contribution in [0.15, 0.2) is 179 Å². The maximum absolute atomic E-state index is 6.26. The van der Waals surface area contributed by atoms with Gasteiger partial charge in [0, 0.05) is 38.2 Å². The molecule has 10 aromatic rings. The molecule has 0 aliphatic rings. The van der Waals surface area contributed by atoms with Gasteiger partial charge in [0.25, 0.3) is 0 Å². The molecule has 0 aliphatic heterocycles. The maximum atomic E-state index is 6.26. The molecule has 0 saturated carbocycles. The molecule has 234 valence electrons. The first-order valence-corrected chi connectivity index (χ1v) is 16.7. The van der Waals surface area contributed by atoms with Crippen LogP contribution in [0.1, 0.15) is 0 Å². The Morgan fingerprint density at radius 1 is 0.320 bits per heavy atom. The highest BCUT2D eigenvalue weighted by Gasteiger charge is 2.16. The van der Waals surface area contributed by atoms with Gasteiger partial charge in [-0.2, -0.15) is 0 Å². The zero-order valence-corrected chi connectivity index (χ0v) is 26.9. The third-order valence-electron chi connectivity index (χ3n) is 9.55. The molecule has 3 aromatic heterocycles. The van der Waals surface area contributed by atoms with Gasteiger partial charge in [0.15, 0.2) is 5.82 Å². The molecule has 7 aromatic carbocycles. The molecule has 0 amide bonds. The first kappa shape index (κ1) is 28.3. The Kier molecular flexibility index (Phi) is 6.46. The maximum Gasteiger partial charge on any atom is 0.160 e. The van der Waals surface area contributed by atoms with E-state index < -0.39 is 0 Å². The Hall–Kier alpha value is -6.78. The van der Waals surface area contributed by atoms with E-state index in [9.17, 15) is 0 Å². The standard InChI is InChI=1S/C46H28N2O2/c1-2-9-29(10-3-1)30-17-21-32(22-18-30)39-28-40(34-25-26-37-36-11-4-6-14-41(36)50-44(37)27-34)48-46(47-39)33-23-19-31(20-24-33)35-13-8-16-43-45(35)38-12-5-7-15-42(38)49-43/h1-28H. The highest BCUT2D eigenvalue weighted by molar-refractivity contribution is 6.12. The van der Waals surface area contributed by atoms with Crippen molar-refractivity contribution < 1.29 is 8.83 Å². The Morgan fingerprint density at radius 3 is 1.66 bits per heavy atom. The molecule has 0 spiro atoms. The van der Waals surface area contributed by atoms with Crippen molar-refractivity contribution in [3.05, 3.63) is 170 Å². The van der Waals surface area contributed by atoms with Gasteiger partial charge in [-0.05, 0) is 58.7 Å². The van der Waals surface area contributed by atoms with Crippen LogP contribution in [0.3, 0.4) is 0 Å². The van der Waals surface area contributed by atoms with E-state index >= 15 is 0 Å². The van der Waals surface area contributed by atoms with Crippen LogP contribution in [0.2, 0.25) is 0 Å². The first-order valence-electron chi connectivity index (χ1n) is 16.7. The lowest BCUT2D eigenvalue weighted by molar-refractivity contribution is 0.668. The number of furan rings is 2. The quantitative estimate of drug-likeness (QED) is 0.188. The average Bonchev–Trinajstić information content (AvgIpc) is 3.76. The van der Waals surface area contributed by atoms with Crippen molar-refractivity contribution in [2.75, 3.05) is 0 Å². The molecule has 10 rings (SSSR count). The van der Waals surface area contributed by atoms with E-state index in [0.717, 1.165) is 88.6 Å². The minimum Gasteiger partial charge on any atom is -0.456 e. The van der Waals surface area contributed by atoms with Gasteiger partial charge in [-0.1, -0.05) is 133 Å². The summed E-state index contributed by atoms with van der Waals surface area (Å²) >= 11 is 0. The Balaban J connectivity index is 1.09. The number of nitrogens with zero attached hydrogens (tertiary/aromatic N) is 2. The second-order valence-electron chi connectivity index (χ2n) is 12.6. The molecular formula is C46H28N2O2. The fourth-order valence-corrected chi connectivity index (χ4v) is 7.04. The highest BCUT2D eigenvalue weighted by Crippen LogP contribution is 2.38. The van der Waals surface area contributed by atoms with Gasteiger partial charge in [-0.15, -0.1) is 0 Å². The number of hydrogen-bond donors (Lipinski definition) is 0. The zero-order valence-electron chi connectivity index (χ0n) is 26.9. The SMILES string of the molecule is c1ccc(-c2ccc(-c3cc(-c4ccc5c(c4)oc4ccccc45)nc(-c4ccc(-c5cccc6oc7ccccc7c56)cc4)n3)cc2)cc1. The van der Waals surface area contributed by atoms with Crippen LogP contribution in [0, 0.1) is 0 Å². The number of hydrogen-bond acceptors (Lipinski definition) is 4. The molecule has 0 unspecified atom stereocenters. The third-order valence-corrected chi connectivity index (χ3v) is 9.55. The molecule has 0 radical (unpaired) electrons. The van der Waals surface area contributed by atoms with Gasteiger partial charge < -0.3 is 8.83 Å². The molecule has 4 nitrogen and oxygen atoms in total. The van der Waals surface area contributed by atoms with E-state index in [2.05, 4.69) is 127 Å². The molecule has 50 heavy (non-hydrogen) atoms. The number of fused-ring (bicyclic) bond motifs is 6. The smallest absolute Gasteiger partial charge is 0.160 e. The van der Waals surface area contributed by atoms with Crippen LogP contribution in [-0.2, 0) is 0 Å². The zero-order chi connectivity index (χ0) is 33.0. The molecule has 0 saturated heterocycles. The molecule has 0 fully saturated rings. The number of aromatic nitrogens is 2. The number of benzene rings is 7. The third kappa shape index (κ3) is 4.77. The fourth-order valence-electron chi connectivity index (χ4n) is 7.04. The average molecular weight is 641 g/mol. The van der Waals surface area contributed by atoms with Crippen molar-refractivity contribution in [1.29, 1.82) is 0 Å². The van der Waals surface area contributed by atoms with Crippen LogP contribution in [-0.4, -0.2) is 9.97 Å². The van der Waals surface area contributed by atoms with Gasteiger partial charge in [-0.25, -0.2) is 9.97 Å². The summed E-state index contributed by atoms with van der Waals surface area (Å²) in [7, 11) is 0. The van der Waals surface area contributed by atoms with Crippen molar-refractivity contribution in [3.8, 4) is 56.2 Å². The van der Waals surface area contributed by atoms with Crippen molar-refractivity contribution >= 4 is 43.9 Å². The second kappa shape index (κ2) is 11.4. The molecule has 0 aliphatic carbocycles. The van der Waals surface area contributed by atoms with Crippen molar-refractivity contribution in [1.82, 2.24) is 9.97 Å². The summed E-state index contributed by atoms with van der Waals surface area (Å²) in [6.07, 6.45) is 0. The van der Waals surface area contributed by atoms with Gasteiger partial charge in [0.2, 0.25) is 0 Å². The van der Waals surface area contributed by atoms with E-state index in [-0.39, 0.29) is 0 Å². The summed E-state index contributed by atoms with van der Waals surface area (Å²) in [6, 6.07) is 58.5. The minimum atomic E-state index is 0.660. The van der Waals surface area contributed by atoms with Crippen LogP contribution in [0.5, 0.6) is 0 Å². The Labute approximate surface area is 287 Å². The summed E-state index contributed by atoms with van der Waals surface area (Å²) in [5, 5.41) is 4.43. The Bertz CT molecular complexity index is 2850. The van der Waals surface area contributed by atoms with E-state index in [1.165, 1.54) is 5.56 Å². The lowest BCUT2D eigenvalue weighted by atomic mass is 9.98. The summed E-state index contributed by atoms with van der Waals surface area (Å²) in [5.74, 6) is 0.660. The van der Waals surface area contributed by atoms with Crippen molar-refractivity contribution in [3.63, 3.8) is 0 Å². The normalized spacial score (nSPS) is 11.6. The fraction of sp³-hybridized carbons (Fsp3) is 0. The lowest BCUT2D eigenvalue weighted by Crippen LogP contribution is -1.96.